The van der Waals surface area contributed by atoms with Crippen LogP contribution in [-0.4, -0.2) is 36.9 Å². The Hall–Kier alpha value is -1.44. The molecule has 0 N–H and O–H groups in total. The summed E-state index contributed by atoms with van der Waals surface area (Å²) in [5.74, 6) is 0.0403. The van der Waals surface area contributed by atoms with E-state index >= 15 is 0 Å². The first kappa shape index (κ1) is 15.5. The van der Waals surface area contributed by atoms with Crippen molar-refractivity contribution in [1.29, 1.82) is 0 Å². The van der Waals surface area contributed by atoms with Gasteiger partial charge < -0.3 is 4.74 Å². The SMILES string of the molecule is Cc1cccc(CS(=O)(=O)N2CCC(Oc3nccs3)C2)c1. The summed E-state index contributed by atoms with van der Waals surface area (Å²) in [6.07, 6.45) is 2.27. The molecule has 1 atom stereocenters. The van der Waals surface area contributed by atoms with Gasteiger partial charge in [-0.15, -0.1) is 0 Å². The second-order valence-electron chi connectivity index (χ2n) is 5.43. The smallest absolute Gasteiger partial charge is 0.273 e. The summed E-state index contributed by atoms with van der Waals surface area (Å²) in [5, 5.41) is 2.44. The minimum Gasteiger partial charge on any atom is -0.465 e. The van der Waals surface area contributed by atoms with Gasteiger partial charge in [0.1, 0.15) is 6.10 Å². The Morgan fingerprint density at radius 1 is 1.45 bits per heavy atom. The normalized spacial score (nSPS) is 19.4. The molecule has 1 aromatic carbocycles. The molecule has 1 aromatic heterocycles. The predicted molar refractivity (Wildman–Crippen MR) is 86.5 cm³/mol. The molecular formula is C15H18N2O3S2. The summed E-state index contributed by atoms with van der Waals surface area (Å²) in [6.45, 7) is 2.86. The number of benzene rings is 1. The van der Waals surface area contributed by atoms with Crippen LogP contribution in [0.3, 0.4) is 0 Å². The van der Waals surface area contributed by atoms with Crippen molar-refractivity contribution in [3.05, 3.63) is 47.0 Å². The minimum atomic E-state index is -3.31. The Morgan fingerprint density at radius 2 is 2.32 bits per heavy atom. The van der Waals surface area contributed by atoms with Crippen LogP contribution in [0.1, 0.15) is 17.5 Å². The highest BCUT2D eigenvalue weighted by Crippen LogP contribution is 2.23. The van der Waals surface area contributed by atoms with E-state index in [2.05, 4.69) is 4.98 Å². The maximum absolute atomic E-state index is 12.5. The summed E-state index contributed by atoms with van der Waals surface area (Å²) in [7, 11) is -3.31. The van der Waals surface area contributed by atoms with Crippen LogP contribution in [0.2, 0.25) is 0 Å². The Morgan fingerprint density at radius 3 is 3.05 bits per heavy atom. The molecule has 1 saturated heterocycles. The van der Waals surface area contributed by atoms with Crippen molar-refractivity contribution in [1.82, 2.24) is 9.29 Å². The predicted octanol–water partition coefficient (Wildman–Crippen LogP) is 2.43. The molecule has 0 saturated carbocycles. The van der Waals surface area contributed by atoms with Gasteiger partial charge in [0.2, 0.25) is 10.0 Å². The minimum absolute atomic E-state index is 0.0403. The van der Waals surface area contributed by atoms with E-state index in [1.165, 1.54) is 15.6 Å². The number of aryl methyl sites for hydroxylation is 1. The van der Waals surface area contributed by atoms with Crippen molar-refractivity contribution in [3.63, 3.8) is 0 Å². The lowest BCUT2D eigenvalue weighted by molar-refractivity contribution is 0.214. The number of ether oxygens (including phenoxy) is 1. The zero-order valence-electron chi connectivity index (χ0n) is 12.3. The molecule has 5 nitrogen and oxygen atoms in total. The summed E-state index contributed by atoms with van der Waals surface area (Å²) in [6, 6.07) is 7.61. The number of hydrogen-bond donors (Lipinski definition) is 0. The fourth-order valence-corrected chi connectivity index (χ4v) is 4.67. The molecule has 1 aliphatic rings. The van der Waals surface area contributed by atoms with E-state index < -0.39 is 10.0 Å². The summed E-state index contributed by atoms with van der Waals surface area (Å²) in [4.78, 5) is 4.07. The van der Waals surface area contributed by atoms with Gasteiger partial charge in [-0.3, -0.25) is 0 Å². The Bertz CT molecular complexity index is 729. The van der Waals surface area contributed by atoms with Gasteiger partial charge in [-0.05, 0) is 18.9 Å². The lowest BCUT2D eigenvalue weighted by atomic mass is 10.2. The van der Waals surface area contributed by atoms with Crippen LogP contribution in [-0.2, 0) is 15.8 Å². The molecule has 0 bridgehead atoms. The zero-order chi connectivity index (χ0) is 15.6. The molecule has 2 aromatic rings. The molecule has 2 heterocycles. The van der Waals surface area contributed by atoms with Crippen molar-refractivity contribution >= 4 is 21.4 Å². The lowest BCUT2D eigenvalue weighted by Gasteiger charge is -2.16. The lowest BCUT2D eigenvalue weighted by Crippen LogP contribution is -2.32. The second-order valence-corrected chi connectivity index (χ2v) is 8.26. The number of thiazole rings is 1. The van der Waals surface area contributed by atoms with Crippen LogP contribution < -0.4 is 4.74 Å². The summed E-state index contributed by atoms with van der Waals surface area (Å²) in [5.41, 5.74) is 1.89. The second kappa shape index (κ2) is 6.36. The van der Waals surface area contributed by atoms with Crippen LogP contribution in [0.15, 0.2) is 35.8 Å². The van der Waals surface area contributed by atoms with E-state index in [4.69, 9.17) is 4.74 Å². The third-order valence-corrected chi connectivity index (χ3v) is 6.09. The molecule has 0 radical (unpaired) electrons. The van der Waals surface area contributed by atoms with E-state index in [0.29, 0.717) is 24.7 Å². The van der Waals surface area contributed by atoms with E-state index in [1.54, 1.807) is 6.20 Å². The highest BCUT2D eigenvalue weighted by Gasteiger charge is 2.32. The van der Waals surface area contributed by atoms with Crippen LogP contribution in [0.25, 0.3) is 0 Å². The first-order valence-electron chi connectivity index (χ1n) is 7.12. The fourth-order valence-electron chi connectivity index (χ4n) is 2.56. The average molecular weight is 338 g/mol. The molecule has 1 fully saturated rings. The monoisotopic (exact) mass is 338 g/mol. The molecular weight excluding hydrogens is 320 g/mol. The van der Waals surface area contributed by atoms with Crippen molar-refractivity contribution in [2.45, 2.75) is 25.2 Å². The largest absolute Gasteiger partial charge is 0.465 e. The van der Waals surface area contributed by atoms with Gasteiger partial charge in [0.05, 0.1) is 12.3 Å². The molecule has 0 amide bonds. The number of aromatic nitrogens is 1. The average Bonchev–Trinajstić information content (AvgIpc) is 3.10. The van der Waals surface area contributed by atoms with Gasteiger partial charge in [0.25, 0.3) is 5.19 Å². The molecule has 3 rings (SSSR count). The van der Waals surface area contributed by atoms with Crippen molar-refractivity contribution in [2.24, 2.45) is 0 Å². The van der Waals surface area contributed by atoms with Gasteiger partial charge in [-0.2, -0.15) is 4.31 Å². The van der Waals surface area contributed by atoms with E-state index in [0.717, 1.165) is 11.1 Å². The Balaban J connectivity index is 1.63. The molecule has 1 unspecified atom stereocenters. The topological polar surface area (TPSA) is 59.5 Å². The van der Waals surface area contributed by atoms with Crippen LogP contribution in [0.4, 0.5) is 0 Å². The molecule has 7 heteroatoms. The third-order valence-electron chi connectivity index (χ3n) is 3.61. The molecule has 1 aliphatic heterocycles. The van der Waals surface area contributed by atoms with Crippen molar-refractivity contribution in [3.8, 4) is 5.19 Å². The fraction of sp³-hybridized carbons (Fsp3) is 0.400. The highest BCUT2D eigenvalue weighted by molar-refractivity contribution is 7.88. The highest BCUT2D eigenvalue weighted by atomic mass is 32.2. The van der Waals surface area contributed by atoms with E-state index in [9.17, 15) is 8.42 Å². The number of rotatable bonds is 5. The Kier molecular flexibility index (Phi) is 4.46. The van der Waals surface area contributed by atoms with Gasteiger partial charge in [0, 0.05) is 18.1 Å². The van der Waals surface area contributed by atoms with Gasteiger partial charge in [0.15, 0.2) is 0 Å². The number of sulfonamides is 1. The third kappa shape index (κ3) is 3.66. The van der Waals surface area contributed by atoms with Crippen molar-refractivity contribution in [2.75, 3.05) is 13.1 Å². The quantitative estimate of drug-likeness (QED) is 0.840. The number of nitrogens with zero attached hydrogens (tertiary/aromatic N) is 2. The molecule has 118 valence electrons. The summed E-state index contributed by atoms with van der Waals surface area (Å²) >= 11 is 1.42. The Labute approximate surface area is 134 Å². The van der Waals surface area contributed by atoms with Crippen LogP contribution in [0, 0.1) is 6.92 Å². The first-order chi connectivity index (χ1) is 10.5. The first-order valence-corrected chi connectivity index (χ1v) is 9.61. The number of hydrogen-bond acceptors (Lipinski definition) is 5. The maximum Gasteiger partial charge on any atom is 0.273 e. The van der Waals surface area contributed by atoms with Gasteiger partial charge >= 0.3 is 0 Å². The standard InChI is InChI=1S/C15H18N2O3S2/c1-12-3-2-4-13(9-12)11-22(18,19)17-7-5-14(10-17)20-15-16-6-8-21-15/h2-4,6,8-9,14H,5,7,10-11H2,1H3. The zero-order valence-corrected chi connectivity index (χ0v) is 13.9. The van der Waals surface area contributed by atoms with Crippen LogP contribution >= 0.6 is 11.3 Å². The maximum atomic E-state index is 12.5. The molecule has 22 heavy (non-hydrogen) atoms. The van der Waals surface area contributed by atoms with Gasteiger partial charge in [-0.25, -0.2) is 13.4 Å². The van der Waals surface area contributed by atoms with Crippen molar-refractivity contribution < 1.29 is 13.2 Å². The summed E-state index contributed by atoms with van der Waals surface area (Å²) < 4.78 is 32.3. The van der Waals surface area contributed by atoms with Gasteiger partial charge in [-0.1, -0.05) is 41.2 Å². The van der Waals surface area contributed by atoms with E-state index in [-0.39, 0.29) is 11.9 Å². The van der Waals surface area contributed by atoms with E-state index in [1.807, 2.05) is 36.6 Å². The molecule has 0 spiro atoms. The van der Waals surface area contributed by atoms with Crippen LogP contribution in [0.5, 0.6) is 5.19 Å². The molecule has 0 aliphatic carbocycles.